The van der Waals surface area contributed by atoms with Gasteiger partial charge < -0.3 is 4.74 Å². The molecule has 0 saturated carbocycles. The molecule has 0 aliphatic heterocycles. The third kappa shape index (κ3) is 14.9. The van der Waals surface area contributed by atoms with E-state index < -0.39 is 0 Å². The summed E-state index contributed by atoms with van der Waals surface area (Å²) in [4.78, 5) is 10.9. The molecular weight excluding hydrogens is 236 g/mol. The summed E-state index contributed by atoms with van der Waals surface area (Å²) in [6.45, 7) is 2.19. The van der Waals surface area contributed by atoms with Crippen LogP contribution in [0, 0.1) is 0 Å². The van der Waals surface area contributed by atoms with Gasteiger partial charge in [-0.25, -0.2) is 0 Å². The summed E-state index contributed by atoms with van der Waals surface area (Å²) in [7, 11) is 1.45. The minimum atomic E-state index is -0.0822. The highest BCUT2D eigenvalue weighted by Gasteiger charge is 1.98. The average molecular weight is 266 g/mol. The van der Waals surface area contributed by atoms with Crippen molar-refractivity contribution in [3.8, 4) is 0 Å². The molecule has 0 aromatic rings. The van der Waals surface area contributed by atoms with E-state index in [1.165, 1.54) is 52.1 Å². The monoisotopic (exact) mass is 266 g/mol. The molecule has 0 saturated heterocycles. The first-order valence-electron chi connectivity index (χ1n) is 7.69. The fourth-order valence-corrected chi connectivity index (χ4v) is 1.86. The second-order valence-electron chi connectivity index (χ2n) is 4.88. The van der Waals surface area contributed by atoms with Crippen molar-refractivity contribution in [2.45, 2.75) is 71.1 Å². The molecule has 0 amide bonds. The molecule has 0 aromatic carbocycles. The van der Waals surface area contributed by atoms with Gasteiger partial charge in [-0.2, -0.15) is 0 Å². The Morgan fingerprint density at radius 1 is 0.895 bits per heavy atom. The van der Waals surface area contributed by atoms with Crippen LogP contribution in [-0.2, 0) is 9.53 Å². The first-order valence-corrected chi connectivity index (χ1v) is 7.69. The summed E-state index contributed by atoms with van der Waals surface area (Å²) in [6.07, 6.45) is 20.1. The van der Waals surface area contributed by atoms with Gasteiger partial charge in [-0.3, -0.25) is 4.79 Å². The lowest BCUT2D eigenvalue weighted by molar-refractivity contribution is -0.140. The van der Waals surface area contributed by atoms with Gasteiger partial charge in [0.15, 0.2) is 0 Å². The molecule has 2 heteroatoms. The fourth-order valence-electron chi connectivity index (χ4n) is 1.86. The third-order valence-electron chi connectivity index (χ3n) is 3.07. The van der Waals surface area contributed by atoms with Gasteiger partial charge in [0, 0.05) is 6.42 Å². The van der Waals surface area contributed by atoms with Crippen molar-refractivity contribution in [3.05, 3.63) is 24.3 Å². The molecule has 0 aliphatic rings. The number of methoxy groups -OCH3 is 1. The first-order chi connectivity index (χ1) is 9.31. The molecule has 2 nitrogen and oxygen atoms in total. The number of allylic oxidation sites excluding steroid dienone is 4. The maximum absolute atomic E-state index is 10.9. The predicted octanol–water partition coefficient (Wildman–Crippen LogP) is 5.19. The quantitative estimate of drug-likeness (QED) is 0.276. The summed E-state index contributed by atoms with van der Waals surface area (Å²) in [5.41, 5.74) is 0. The summed E-state index contributed by atoms with van der Waals surface area (Å²) in [5, 5.41) is 0. The maximum atomic E-state index is 10.9. The maximum Gasteiger partial charge on any atom is 0.305 e. The van der Waals surface area contributed by atoms with E-state index in [-0.39, 0.29) is 5.97 Å². The van der Waals surface area contributed by atoms with Crippen molar-refractivity contribution in [1.82, 2.24) is 0 Å². The van der Waals surface area contributed by atoms with E-state index in [1.807, 2.05) is 0 Å². The number of ether oxygens (including phenoxy) is 1. The molecule has 19 heavy (non-hydrogen) atoms. The average Bonchev–Trinajstić information content (AvgIpc) is 2.43. The van der Waals surface area contributed by atoms with E-state index in [2.05, 4.69) is 36.0 Å². The molecular formula is C17H30O2. The number of hydrogen-bond donors (Lipinski definition) is 0. The Morgan fingerprint density at radius 3 is 2.11 bits per heavy atom. The van der Waals surface area contributed by atoms with Gasteiger partial charge in [0.1, 0.15) is 0 Å². The molecule has 110 valence electrons. The van der Waals surface area contributed by atoms with Crippen LogP contribution in [0.15, 0.2) is 24.3 Å². The van der Waals surface area contributed by atoms with Crippen LogP contribution in [0.1, 0.15) is 71.1 Å². The Morgan fingerprint density at radius 2 is 1.47 bits per heavy atom. The lowest BCUT2D eigenvalue weighted by Gasteiger charge is -2.00. The van der Waals surface area contributed by atoms with Crippen molar-refractivity contribution in [2.24, 2.45) is 0 Å². The molecule has 0 bridgehead atoms. The van der Waals surface area contributed by atoms with Gasteiger partial charge in [-0.1, -0.05) is 63.3 Å². The Balaban J connectivity index is 3.16. The Bertz CT molecular complexity index is 254. The normalized spacial score (nSPS) is 11.5. The lowest BCUT2D eigenvalue weighted by Crippen LogP contribution is -1.99. The summed E-state index contributed by atoms with van der Waals surface area (Å²) < 4.78 is 4.61. The van der Waals surface area contributed by atoms with Gasteiger partial charge in [0.05, 0.1) is 7.11 Å². The van der Waals surface area contributed by atoms with Crippen LogP contribution >= 0.6 is 0 Å². The highest BCUT2D eigenvalue weighted by atomic mass is 16.5. The number of esters is 1. The van der Waals surface area contributed by atoms with E-state index in [0.29, 0.717) is 6.42 Å². The lowest BCUT2D eigenvalue weighted by atomic mass is 10.1. The second kappa shape index (κ2) is 15.0. The van der Waals surface area contributed by atoms with Crippen molar-refractivity contribution in [3.63, 3.8) is 0 Å². The first kappa shape index (κ1) is 17.9. The van der Waals surface area contributed by atoms with Gasteiger partial charge in [-0.05, 0) is 25.7 Å². The van der Waals surface area contributed by atoms with E-state index in [9.17, 15) is 4.79 Å². The number of unbranched alkanes of at least 4 members (excludes halogenated alkanes) is 7. The molecule has 0 aromatic heterocycles. The molecule has 0 atom stereocenters. The minimum absolute atomic E-state index is 0.0822. The van der Waals surface area contributed by atoms with Gasteiger partial charge >= 0.3 is 5.97 Å². The van der Waals surface area contributed by atoms with Crippen molar-refractivity contribution < 1.29 is 9.53 Å². The Hall–Kier alpha value is -1.05. The zero-order valence-electron chi connectivity index (χ0n) is 12.7. The van der Waals surface area contributed by atoms with Crippen molar-refractivity contribution in [2.75, 3.05) is 7.11 Å². The molecule has 0 radical (unpaired) electrons. The van der Waals surface area contributed by atoms with Crippen LogP contribution in [0.2, 0.25) is 0 Å². The third-order valence-corrected chi connectivity index (χ3v) is 3.07. The highest BCUT2D eigenvalue weighted by Crippen LogP contribution is 2.09. The van der Waals surface area contributed by atoms with Crippen LogP contribution in [0.5, 0.6) is 0 Å². The van der Waals surface area contributed by atoms with Crippen LogP contribution in [0.4, 0.5) is 0 Å². The SMILES string of the molecule is CCCC=CC=CCCCCCCCCC(=O)OC. The second-order valence-corrected chi connectivity index (χ2v) is 4.88. The largest absolute Gasteiger partial charge is 0.469 e. The van der Waals surface area contributed by atoms with E-state index >= 15 is 0 Å². The molecule has 0 unspecified atom stereocenters. The summed E-state index contributed by atoms with van der Waals surface area (Å²) in [6, 6.07) is 0. The van der Waals surface area contributed by atoms with Gasteiger partial charge in [-0.15, -0.1) is 0 Å². The number of carbonyl (C=O) groups excluding carboxylic acids is 1. The zero-order chi connectivity index (χ0) is 14.2. The number of carbonyl (C=O) groups is 1. The van der Waals surface area contributed by atoms with Crippen LogP contribution < -0.4 is 0 Å². The van der Waals surface area contributed by atoms with E-state index in [4.69, 9.17) is 0 Å². The summed E-state index contributed by atoms with van der Waals surface area (Å²) >= 11 is 0. The minimum Gasteiger partial charge on any atom is -0.469 e. The van der Waals surface area contributed by atoms with Gasteiger partial charge in [0.2, 0.25) is 0 Å². The standard InChI is InChI=1S/C17H30O2/c1-3-4-5-6-7-8-9-10-11-12-13-14-15-16-17(18)19-2/h5-8H,3-4,9-16H2,1-2H3. The zero-order valence-corrected chi connectivity index (χ0v) is 12.7. The number of rotatable bonds is 12. The Labute approximate surface area is 118 Å². The fraction of sp³-hybridized carbons (Fsp3) is 0.706. The molecule has 0 spiro atoms. The molecule has 0 rings (SSSR count). The summed E-state index contributed by atoms with van der Waals surface area (Å²) in [5.74, 6) is -0.0822. The smallest absolute Gasteiger partial charge is 0.305 e. The number of hydrogen-bond acceptors (Lipinski definition) is 2. The van der Waals surface area contributed by atoms with Crippen LogP contribution in [0.3, 0.4) is 0 Å². The van der Waals surface area contributed by atoms with Crippen LogP contribution in [-0.4, -0.2) is 13.1 Å². The van der Waals surface area contributed by atoms with E-state index in [1.54, 1.807) is 0 Å². The van der Waals surface area contributed by atoms with E-state index in [0.717, 1.165) is 12.8 Å². The molecule has 0 heterocycles. The molecule has 0 fully saturated rings. The van der Waals surface area contributed by atoms with Crippen molar-refractivity contribution in [1.29, 1.82) is 0 Å². The van der Waals surface area contributed by atoms with Crippen LogP contribution in [0.25, 0.3) is 0 Å². The predicted molar refractivity (Wildman–Crippen MR) is 82.1 cm³/mol. The van der Waals surface area contributed by atoms with Crippen molar-refractivity contribution >= 4 is 5.97 Å². The van der Waals surface area contributed by atoms with Gasteiger partial charge in [0.25, 0.3) is 0 Å². The highest BCUT2D eigenvalue weighted by molar-refractivity contribution is 5.68. The molecule has 0 N–H and O–H groups in total. The Kier molecular flexibility index (Phi) is 14.2. The molecule has 0 aliphatic carbocycles. The topological polar surface area (TPSA) is 26.3 Å².